The third kappa shape index (κ3) is 1.07. The van der Waals surface area contributed by atoms with Gasteiger partial charge in [-0.2, -0.15) is 0 Å². The normalized spacial score (nSPS) is 10.0. The van der Waals surface area contributed by atoms with E-state index in [1.54, 1.807) is 13.8 Å². The number of carbonyl (C=O) groups is 1. The van der Waals surface area contributed by atoms with Gasteiger partial charge < -0.3 is 15.8 Å². The number of hydrogen-bond donors (Lipinski definition) is 3. The zero-order chi connectivity index (χ0) is 8.59. The lowest BCUT2D eigenvalue weighted by Gasteiger charge is -1.92. The van der Waals surface area contributed by atoms with Crippen LogP contribution in [0.5, 0.6) is 0 Å². The van der Waals surface area contributed by atoms with Gasteiger partial charge in [0, 0.05) is 5.69 Å². The van der Waals surface area contributed by atoms with Gasteiger partial charge in [0.2, 0.25) is 0 Å². The van der Waals surface area contributed by atoms with Crippen LogP contribution >= 0.6 is 0 Å². The number of anilines is 1. The summed E-state index contributed by atoms with van der Waals surface area (Å²) < 4.78 is 0. The number of hydrogen-bond acceptors (Lipinski definition) is 2. The van der Waals surface area contributed by atoms with Crippen LogP contribution in [0.3, 0.4) is 0 Å². The number of carboxylic acids is 1. The highest BCUT2D eigenvalue weighted by molar-refractivity contribution is 5.95. The fourth-order valence-corrected chi connectivity index (χ4v) is 1.02. The molecule has 0 fully saturated rings. The maximum absolute atomic E-state index is 10.6. The molecule has 60 valence electrons. The molecule has 0 unspecified atom stereocenters. The predicted molar refractivity (Wildman–Crippen MR) is 41.6 cm³/mol. The lowest BCUT2D eigenvalue weighted by atomic mass is 10.2. The molecule has 0 aliphatic rings. The maximum Gasteiger partial charge on any atom is 0.339 e. The van der Waals surface area contributed by atoms with Crippen LogP contribution in [0.2, 0.25) is 0 Å². The molecule has 11 heavy (non-hydrogen) atoms. The molecule has 4 nitrogen and oxygen atoms in total. The second-order valence-electron chi connectivity index (χ2n) is 2.47. The van der Waals surface area contributed by atoms with E-state index in [1.807, 2.05) is 0 Å². The van der Waals surface area contributed by atoms with E-state index in [1.165, 1.54) is 0 Å². The molecule has 0 aliphatic heterocycles. The molecule has 0 aliphatic carbocycles. The molecule has 0 amide bonds. The van der Waals surface area contributed by atoms with Crippen LogP contribution in [-0.2, 0) is 0 Å². The zero-order valence-electron chi connectivity index (χ0n) is 6.43. The van der Waals surface area contributed by atoms with Crippen LogP contribution in [0, 0.1) is 13.8 Å². The van der Waals surface area contributed by atoms with E-state index in [-0.39, 0.29) is 11.4 Å². The minimum Gasteiger partial charge on any atom is -0.478 e. The van der Waals surface area contributed by atoms with Gasteiger partial charge in [0.05, 0.1) is 0 Å². The van der Waals surface area contributed by atoms with Gasteiger partial charge in [0.25, 0.3) is 0 Å². The highest BCUT2D eigenvalue weighted by Crippen LogP contribution is 2.18. The first-order valence-electron chi connectivity index (χ1n) is 3.22. The molecule has 0 saturated heterocycles. The van der Waals surface area contributed by atoms with Gasteiger partial charge in [-0.15, -0.1) is 0 Å². The van der Waals surface area contributed by atoms with Gasteiger partial charge in [-0.25, -0.2) is 4.79 Å². The average molecular weight is 154 g/mol. The Labute approximate surface area is 64.0 Å². The molecule has 1 heterocycles. The van der Waals surface area contributed by atoms with E-state index >= 15 is 0 Å². The minimum atomic E-state index is -0.982. The third-order valence-corrected chi connectivity index (χ3v) is 1.74. The Morgan fingerprint density at radius 1 is 1.55 bits per heavy atom. The van der Waals surface area contributed by atoms with Crippen molar-refractivity contribution in [3.63, 3.8) is 0 Å². The minimum absolute atomic E-state index is 0.183. The number of nitrogens with one attached hydrogen (secondary N) is 1. The fourth-order valence-electron chi connectivity index (χ4n) is 1.02. The first-order valence-corrected chi connectivity index (χ1v) is 3.22. The number of rotatable bonds is 1. The van der Waals surface area contributed by atoms with Crippen molar-refractivity contribution in [3.8, 4) is 0 Å². The van der Waals surface area contributed by atoms with Gasteiger partial charge in [-0.05, 0) is 19.4 Å². The Bertz CT molecular complexity index is 302. The average Bonchev–Trinajstić information content (AvgIpc) is 2.07. The van der Waals surface area contributed by atoms with Crippen molar-refractivity contribution >= 4 is 11.8 Å². The Kier molecular flexibility index (Phi) is 1.60. The Hall–Kier alpha value is -1.45. The Balaban J connectivity index is 3.34. The summed E-state index contributed by atoms with van der Waals surface area (Å²) in [6.07, 6.45) is 0. The highest BCUT2D eigenvalue weighted by Gasteiger charge is 2.15. The molecule has 0 atom stereocenters. The molecule has 4 heteroatoms. The summed E-state index contributed by atoms with van der Waals surface area (Å²) in [6.45, 7) is 3.52. The van der Waals surface area contributed by atoms with Crippen molar-refractivity contribution in [1.29, 1.82) is 0 Å². The van der Waals surface area contributed by atoms with Crippen LogP contribution in [0.4, 0.5) is 5.82 Å². The highest BCUT2D eigenvalue weighted by atomic mass is 16.4. The molecular formula is C7H10N2O2. The van der Waals surface area contributed by atoms with Gasteiger partial charge >= 0.3 is 5.97 Å². The summed E-state index contributed by atoms with van der Waals surface area (Å²) in [5.41, 5.74) is 7.10. The van der Waals surface area contributed by atoms with Crippen LogP contribution in [-0.4, -0.2) is 16.1 Å². The van der Waals surface area contributed by atoms with Crippen LogP contribution in [0.1, 0.15) is 21.6 Å². The lowest BCUT2D eigenvalue weighted by molar-refractivity contribution is 0.0697. The molecule has 0 radical (unpaired) electrons. The van der Waals surface area contributed by atoms with E-state index in [9.17, 15) is 4.79 Å². The summed E-state index contributed by atoms with van der Waals surface area (Å²) in [5.74, 6) is -0.753. The third-order valence-electron chi connectivity index (χ3n) is 1.74. The second kappa shape index (κ2) is 2.30. The Morgan fingerprint density at radius 3 is 2.27 bits per heavy atom. The molecular weight excluding hydrogens is 144 g/mol. The van der Waals surface area contributed by atoms with Gasteiger partial charge in [0.15, 0.2) is 0 Å². The smallest absolute Gasteiger partial charge is 0.339 e. The number of H-pyrrole nitrogens is 1. The number of aryl methyl sites for hydroxylation is 1. The van der Waals surface area contributed by atoms with E-state index in [0.717, 1.165) is 5.69 Å². The monoisotopic (exact) mass is 154 g/mol. The predicted octanol–water partition coefficient (Wildman–Crippen LogP) is 0.912. The topological polar surface area (TPSA) is 79.1 Å². The largest absolute Gasteiger partial charge is 0.478 e. The van der Waals surface area contributed by atoms with E-state index in [4.69, 9.17) is 10.8 Å². The summed E-state index contributed by atoms with van der Waals surface area (Å²) >= 11 is 0. The van der Waals surface area contributed by atoms with Crippen molar-refractivity contribution in [1.82, 2.24) is 4.98 Å². The molecule has 1 aromatic heterocycles. The molecule has 0 aromatic carbocycles. The van der Waals surface area contributed by atoms with Crippen molar-refractivity contribution in [2.75, 3.05) is 5.73 Å². The zero-order valence-corrected chi connectivity index (χ0v) is 6.43. The summed E-state index contributed by atoms with van der Waals surface area (Å²) in [4.78, 5) is 13.3. The van der Waals surface area contributed by atoms with Crippen LogP contribution in [0.15, 0.2) is 0 Å². The fraction of sp³-hybridized carbons (Fsp3) is 0.286. The number of nitrogen functional groups attached to an aromatic ring is 1. The molecule has 0 saturated carbocycles. The number of aromatic nitrogens is 1. The van der Waals surface area contributed by atoms with Crippen LogP contribution < -0.4 is 5.73 Å². The van der Waals surface area contributed by atoms with Crippen molar-refractivity contribution in [2.45, 2.75) is 13.8 Å². The van der Waals surface area contributed by atoms with Gasteiger partial charge in [-0.1, -0.05) is 0 Å². The summed E-state index contributed by atoms with van der Waals surface area (Å²) in [6, 6.07) is 0. The molecule has 4 N–H and O–H groups in total. The summed E-state index contributed by atoms with van der Waals surface area (Å²) in [7, 11) is 0. The quantitative estimate of drug-likeness (QED) is 0.562. The van der Waals surface area contributed by atoms with Crippen molar-refractivity contribution in [2.24, 2.45) is 0 Å². The lowest BCUT2D eigenvalue weighted by Crippen LogP contribution is -2.01. The molecule has 0 bridgehead atoms. The number of nitrogens with two attached hydrogens (primary N) is 1. The SMILES string of the molecule is Cc1[nH]c(N)c(C(=O)O)c1C. The molecule has 1 aromatic rings. The first kappa shape index (κ1) is 7.65. The number of aromatic amines is 1. The van der Waals surface area contributed by atoms with Gasteiger partial charge in [-0.3, -0.25) is 0 Å². The standard InChI is InChI=1S/C7H10N2O2/c1-3-4(2)9-6(8)5(3)7(10)11/h9H,8H2,1-2H3,(H,10,11). The summed E-state index contributed by atoms with van der Waals surface area (Å²) in [5, 5.41) is 8.66. The van der Waals surface area contributed by atoms with Crippen LogP contribution in [0.25, 0.3) is 0 Å². The van der Waals surface area contributed by atoms with E-state index in [2.05, 4.69) is 4.98 Å². The van der Waals surface area contributed by atoms with Gasteiger partial charge in [0.1, 0.15) is 11.4 Å². The van der Waals surface area contributed by atoms with E-state index < -0.39 is 5.97 Å². The number of aromatic carboxylic acids is 1. The Morgan fingerprint density at radius 2 is 2.09 bits per heavy atom. The number of carboxylic acid groups (broad SMARTS) is 1. The second-order valence-corrected chi connectivity index (χ2v) is 2.47. The molecule has 1 rings (SSSR count). The van der Waals surface area contributed by atoms with E-state index in [0.29, 0.717) is 5.56 Å². The van der Waals surface area contributed by atoms with Crippen molar-refractivity contribution in [3.05, 3.63) is 16.8 Å². The molecule has 0 spiro atoms. The van der Waals surface area contributed by atoms with Crippen molar-refractivity contribution < 1.29 is 9.90 Å². The maximum atomic E-state index is 10.6. The first-order chi connectivity index (χ1) is 5.04.